The number of hydrogen-bond acceptors (Lipinski definition) is 4. The topological polar surface area (TPSA) is 58.2 Å². The standard InChI is InChI=1S/C7H13N2O.C4H8O2S/c1-8-3-4-9(7-8)5-6-10-2;1-7-3-2-4(5)6/h3-4,7H,5-6H2,1-2H3;2-3H2,1H3,(H,5,6)/q+1;/p-1. The van der Waals surface area contributed by atoms with Gasteiger partial charge in [-0.25, -0.2) is 9.13 Å². The van der Waals surface area contributed by atoms with Crippen molar-refractivity contribution in [2.45, 2.75) is 13.0 Å². The highest BCUT2D eigenvalue weighted by molar-refractivity contribution is 7.98. The normalized spacial score (nSPS) is 9.59. The van der Waals surface area contributed by atoms with Crippen LogP contribution in [0.3, 0.4) is 0 Å². The van der Waals surface area contributed by atoms with Crippen molar-refractivity contribution in [2.24, 2.45) is 7.05 Å². The number of carbonyl (C=O) groups excluding carboxylic acids is 1. The van der Waals surface area contributed by atoms with E-state index in [-0.39, 0.29) is 6.42 Å². The van der Waals surface area contributed by atoms with Gasteiger partial charge in [-0.1, -0.05) is 0 Å². The number of rotatable bonds is 6. The number of methoxy groups -OCH3 is 1. The van der Waals surface area contributed by atoms with Crippen LogP contribution in [0.4, 0.5) is 0 Å². The number of hydrogen-bond donors (Lipinski definition) is 0. The molecule has 1 heterocycles. The lowest BCUT2D eigenvalue weighted by atomic mass is 10.5. The van der Waals surface area contributed by atoms with Crippen LogP contribution in [0.5, 0.6) is 0 Å². The zero-order valence-corrected chi connectivity index (χ0v) is 11.4. The van der Waals surface area contributed by atoms with E-state index < -0.39 is 5.97 Å². The summed E-state index contributed by atoms with van der Waals surface area (Å²) in [6, 6.07) is 0. The molecule has 0 aliphatic carbocycles. The zero-order chi connectivity index (χ0) is 13.1. The average molecular weight is 260 g/mol. The summed E-state index contributed by atoms with van der Waals surface area (Å²) >= 11 is 1.51. The van der Waals surface area contributed by atoms with E-state index in [9.17, 15) is 9.90 Å². The van der Waals surface area contributed by atoms with Crippen molar-refractivity contribution < 1.29 is 19.2 Å². The number of ether oxygens (including phenoxy) is 1. The summed E-state index contributed by atoms with van der Waals surface area (Å²) in [7, 11) is 3.72. The Hall–Kier alpha value is -1.01. The summed E-state index contributed by atoms with van der Waals surface area (Å²) in [5, 5.41) is 9.63. The Bertz CT molecular complexity index is 315. The van der Waals surface area contributed by atoms with Gasteiger partial charge in [-0.15, -0.1) is 0 Å². The van der Waals surface area contributed by atoms with Gasteiger partial charge in [0.2, 0.25) is 6.33 Å². The number of carbonyl (C=O) groups is 1. The fourth-order valence-electron chi connectivity index (χ4n) is 1.02. The molecule has 6 heteroatoms. The summed E-state index contributed by atoms with van der Waals surface area (Å²) in [4.78, 5) is 9.63. The van der Waals surface area contributed by atoms with Crippen molar-refractivity contribution >= 4 is 17.7 Å². The molecular formula is C11H20N2O3S. The first-order chi connectivity index (χ1) is 8.10. The Labute approximate surface area is 106 Å². The molecule has 0 saturated heterocycles. The summed E-state index contributed by atoms with van der Waals surface area (Å²) in [6.07, 6.45) is 8.10. The molecule has 0 fully saturated rings. The molecule has 0 spiro atoms. The molecule has 0 atom stereocenters. The largest absolute Gasteiger partial charge is 0.550 e. The fraction of sp³-hybridized carbons (Fsp3) is 0.636. The molecule has 0 unspecified atom stereocenters. The van der Waals surface area contributed by atoms with Crippen LogP contribution >= 0.6 is 11.8 Å². The molecule has 5 nitrogen and oxygen atoms in total. The van der Waals surface area contributed by atoms with Gasteiger partial charge < -0.3 is 14.6 Å². The Morgan fingerprint density at radius 2 is 2.29 bits per heavy atom. The lowest BCUT2D eigenvalue weighted by Gasteiger charge is -1.95. The van der Waals surface area contributed by atoms with Crippen molar-refractivity contribution in [2.75, 3.05) is 25.7 Å². The third-order valence-electron chi connectivity index (χ3n) is 1.89. The smallest absolute Gasteiger partial charge is 0.243 e. The van der Waals surface area contributed by atoms with Gasteiger partial charge in [0.1, 0.15) is 18.9 Å². The first-order valence-electron chi connectivity index (χ1n) is 5.29. The van der Waals surface area contributed by atoms with E-state index >= 15 is 0 Å². The SMILES string of the molecule is COCC[n+]1ccn(C)c1.CSCCC(=O)[O-]. The molecule has 98 valence electrons. The highest BCUT2D eigenvalue weighted by Crippen LogP contribution is 1.92. The van der Waals surface area contributed by atoms with Crippen LogP contribution in [0.2, 0.25) is 0 Å². The van der Waals surface area contributed by atoms with Crippen LogP contribution in [0.1, 0.15) is 6.42 Å². The summed E-state index contributed by atoms with van der Waals surface area (Å²) in [6.45, 7) is 1.70. The Balaban J connectivity index is 0.000000325. The number of carboxylic acids is 1. The van der Waals surface area contributed by atoms with Crippen molar-refractivity contribution in [1.29, 1.82) is 0 Å². The molecule has 1 aromatic rings. The predicted molar refractivity (Wildman–Crippen MR) is 65.5 cm³/mol. The van der Waals surface area contributed by atoms with Gasteiger partial charge in [0.25, 0.3) is 0 Å². The summed E-state index contributed by atoms with van der Waals surface area (Å²) in [5.41, 5.74) is 0. The maximum Gasteiger partial charge on any atom is 0.243 e. The first kappa shape index (κ1) is 16.0. The lowest BCUT2D eigenvalue weighted by molar-refractivity contribution is -0.697. The predicted octanol–water partition coefficient (Wildman–Crippen LogP) is -0.552. The van der Waals surface area contributed by atoms with Crippen molar-refractivity contribution in [1.82, 2.24) is 4.57 Å². The van der Waals surface area contributed by atoms with E-state index in [2.05, 4.69) is 4.57 Å². The quantitative estimate of drug-likeness (QED) is 0.644. The number of imidazole rings is 1. The number of nitrogens with zero attached hydrogens (tertiary/aromatic N) is 2. The van der Waals surface area contributed by atoms with Gasteiger partial charge in [0.15, 0.2) is 0 Å². The molecule has 0 amide bonds. The second-order valence-electron chi connectivity index (χ2n) is 3.42. The van der Waals surface area contributed by atoms with E-state index in [4.69, 9.17) is 4.74 Å². The zero-order valence-electron chi connectivity index (χ0n) is 10.6. The van der Waals surface area contributed by atoms with Crippen LogP contribution in [0, 0.1) is 0 Å². The number of aromatic nitrogens is 2. The summed E-state index contributed by atoms with van der Waals surface area (Å²) < 4.78 is 9.02. The van der Waals surface area contributed by atoms with Gasteiger partial charge in [-0.05, 0) is 18.4 Å². The Kier molecular flexibility index (Phi) is 9.56. The van der Waals surface area contributed by atoms with Crippen LogP contribution < -0.4 is 9.67 Å². The highest BCUT2D eigenvalue weighted by atomic mass is 32.2. The van der Waals surface area contributed by atoms with E-state index in [0.717, 1.165) is 13.2 Å². The van der Waals surface area contributed by atoms with Gasteiger partial charge in [-0.3, -0.25) is 0 Å². The minimum Gasteiger partial charge on any atom is -0.550 e. The molecule has 17 heavy (non-hydrogen) atoms. The monoisotopic (exact) mass is 260 g/mol. The van der Waals surface area contributed by atoms with Gasteiger partial charge in [0.05, 0.1) is 13.7 Å². The third kappa shape index (κ3) is 9.89. The molecule has 0 aliphatic rings. The Morgan fingerprint density at radius 3 is 2.65 bits per heavy atom. The fourth-order valence-corrected chi connectivity index (χ4v) is 1.39. The lowest BCUT2D eigenvalue weighted by Crippen LogP contribution is -2.33. The molecule has 0 saturated carbocycles. The maximum atomic E-state index is 9.63. The summed E-state index contributed by atoms with van der Waals surface area (Å²) in [5.74, 6) is -0.308. The molecule has 0 bridgehead atoms. The number of thioether (sulfide) groups is 1. The van der Waals surface area contributed by atoms with Crippen LogP contribution in [0.25, 0.3) is 0 Å². The van der Waals surface area contributed by atoms with Crippen LogP contribution in [-0.2, 0) is 23.1 Å². The van der Waals surface area contributed by atoms with E-state index in [1.54, 1.807) is 7.11 Å². The molecule has 0 aromatic carbocycles. The minimum absolute atomic E-state index is 0.168. The van der Waals surface area contributed by atoms with Crippen molar-refractivity contribution in [3.8, 4) is 0 Å². The van der Waals surface area contributed by atoms with Gasteiger partial charge in [0, 0.05) is 13.1 Å². The number of aliphatic carboxylic acids is 1. The minimum atomic E-state index is -0.964. The van der Waals surface area contributed by atoms with E-state index in [0.29, 0.717) is 5.75 Å². The molecular weight excluding hydrogens is 240 g/mol. The van der Waals surface area contributed by atoms with Crippen molar-refractivity contribution in [3.63, 3.8) is 0 Å². The molecule has 0 aliphatic heterocycles. The van der Waals surface area contributed by atoms with E-state index in [1.165, 1.54) is 11.8 Å². The second-order valence-corrected chi connectivity index (χ2v) is 4.41. The average Bonchev–Trinajstić information content (AvgIpc) is 2.70. The molecule has 1 aromatic heterocycles. The van der Waals surface area contributed by atoms with Gasteiger partial charge >= 0.3 is 0 Å². The van der Waals surface area contributed by atoms with Crippen LogP contribution in [-0.4, -0.2) is 36.3 Å². The Morgan fingerprint density at radius 1 is 1.59 bits per heavy atom. The third-order valence-corrected chi connectivity index (χ3v) is 2.50. The van der Waals surface area contributed by atoms with Crippen LogP contribution in [0.15, 0.2) is 18.7 Å². The molecule has 0 radical (unpaired) electrons. The number of aryl methyl sites for hydroxylation is 1. The van der Waals surface area contributed by atoms with Gasteiger partial charge in [-0.2, -0.15) is 11.8 Å². The van der Waals surface area contributed by atoms with E-state index in [1.807, 2.05) is 36.6 Å². The second kappa shape index (κ2) is 10.2. The maximum absolute atomic E-state index is 9.63. The first-order valence-corrected chi connectivity index (χ1v) is 6.68. The molecule has 0 N–H and O–H groups in total. The van der Waals surface area contributed by atoms with Crippen molar-refractivity contribution in [3.05, 3.63) is 18.7 Å². The highest BCUT2D eigenvalue weighted by Gasteiger charge is 1.96. The number of carboxylic acid groups (broad SMARTS) is 1. The molecule has 1 rings (SSSR count).